The first-order valence-electron chi connectivity index (χ1n) is 7.56. The normalized spacial score (nSPS) is 22.8. The van der Waals surface area contributed by atoms with E-state index in [0.29, 0.717) is 11.6 Å². The zero-order valence-corrected chi connectivity index (χ0v) is 13.9. The summed E-state index contributed by atoms with van der Waals surface area (Å²) in [5.74, 6) is 0.819. The van der Waals surface area contributed by atoms with Crippen LogP contribution in [0.25, 0.3) is 0 Å². The fourth-order valence-electron chi connectivity index (χ4n) is 3.30. The first kappa shape index (κ1) is 14.9. The van der Waals surface area contributed by atoms with Gasteiger partial charge in [0.2, 0.25) is 0 Å². The van der Waals surface area contributed by atoms with Crippen LogP contribution in [0.5, 0.6) is 5.75 Å². The Kier molecular flexibility index (Phi) is 4.50. The Labute approximate surface area is 134 Å². The quantitative estimate of drug-likeness (QED) is 0.838. The van der Waals surface area contributed by atoms with E-state index in [0.717, 1.165) is 29.7 Å². The average Bonchev–Trinajstić information content (AvgIpc) is 3.18. The number of nitrogens with zero attached hydrogens (tertiary/aromatic N) is 2. The molecule has 2 aliphatic rings. The molecule has 3 rings (SSSR count). The Hall–Kier alpha value is -1.07. The smallest absolute Gasteiger partial charge is 0.255 e. The molecule has 0 aromatic heterocycles. The zero-order chi connectivity index (χ0) is 14.8. The molecule has 5 heteroatoms. The number of benzene rings is 1. The van der Waals surface area contributed by atoms with Crippen molar-refractivity contribution >= 4 is 21.8 Å². The lowest BCUT2D eigenvalue weighted by atomic mass is 10.2. The van der Waals surface area contributed by atoms with E-state index < -0.39 is 0 Å². The summed E-state index contributed by atoms with van der Waals surface area (Å²) in [6.07, 6.45) is 3.69. The minimum absolute atomic E-state index is 0.0995. The molecule has 0 N–H and O–H groups in total. The lowest BCUT2D eigenvalue weighted by molar-refractivity contribution is 0.0779. The second kappa shape index (κ2) is 6.36. The fraction of sp³-hybridized carbons (Fsp3) is 0.562. The van der Waals surface area contributed by atoms with Crippen molar-refractivity contribution in [1.29, 1.82) is 0 Å². The summed E-state index contributed by atoms with van der Waals surface area (Å²) in [7, 11) is 1.62. The summed E-state index contributed by atoms with van der Waals surface area (Å²) in [6, 6.07) is 6.09. The van der Waals surface area contributed by atoms with Crippen molar-refractivity contribution in [3.63, 3.8) is 0 Å². The summed E-state index contributed by atoms with van der Waals surface area (Å²) < 4.78 is 6.06. The third-order valence-electron chi connectivity index (χ3n) is 4.51. The molecule has 1 amide bonds. The first-order chi connectivity index (χ1) is 10.2. The van der Waals surface area contributed by atoms with Gasteiger partial charge in [-0.15, -0.1) is 0 Å². The second-order valence-corrected chi connectivity index (χ2v) is 6.64. The molecule has 1 aromatic rings. The number of halogens is 1. The molecule has 4 nitrogen and oxygen atoms in total. The Balaban J connectivity index is 1.71. The van der Waals surface area contributed by atoms with Gasteiger partial charge >= 0.3 is 0 Å². The lowest BCUT2D eigenvalue weighted by Crippen LogP contribution is -2.37. The Morgan fingerprint density at radius 2 is 2.05 bits per heavy atom. The lowest BCUT2D eigenvalue weighted by Gasteiger charge is -2.24. The minimum atomic E-state index is 0.0995. The molecule has 0 spiro atoms. The molecule has 0 saturated carbocycles. The van der Waals surface area contributed by atoms with Crippen LogP contribution in [-0.4, -0.2) is 55.0 Å². The molecular weight excluding hydrogens is 332 g/mol. The van der Waals surface area contributed by atoms with Gasteiger partial charge in [-0.2, -0.15) is 0 Å². The van der Waals surface area contributed by atoms with Crippen LogP contribution in [0, 0.1) is 0 Å². The molecule has 1 atom stereocenters. The third kappa shape index (κ3) is 3.09. The van der Waals surface area contributed by atoms with Crippen molar-refractivity contribution in [3.05, 3.63) is 28.2 Å². The van der Waals surface area contributed by atoms with E-state index in [4.69, 9.17) is 4.74 Å². The maximum Gasteiger partial charge on any atom is 0.255 e. The van der Waals surface area contributed by atoms with Crippen LogP contribution in [0.3, 0.4) is 0 Å². The van der Waals surface area contributed by atoms with E-state index in [1.807, 2.05) is 23.1 Å². The van der Waals surface area contributed by atoms with Gasteiger partial charge in [0.1, 0.15) is 5.75 Å². The second-order valence-electron chi connectivity index (χ2n) is 5.78. The molecule has 114 valence electrons. The molecule has 2 saturated heterocycles. The standard InChI is InChI=1S/C16H21BrN2O2/c1-21-13-4-5-15(17)14(10-13)16(20)19-9-6-12(11-19)18-7-2-3-8-18/h4-5,10,12H,2-3,6-9,11H2,1H3. The Bertz CT molecular complexity index is 529. The number of carbonyl (C=O) groups is 1. The molecule has 2 heterocycles. The van der Waals surface area contributed by atoms with Crippen LogP contribution in [-0.2, 0) is 0 Å². The minimum Gasteiger partial charge on any atom is -0.497 e. The van der Waals surface area contributed by atoms with Gasteiger partial charge in [0, 0.05) is 23.6 Å². The summed E-state index contributed by atoms with van der Waals surface area (Å²) in [5.41, 5.74) is 0.691. The molecule has 2 fully saturated rings. The predicted octanol–water partition coefficient (Wildman–Crippen LogP) is 2.77. The van der Waals surface area contributed by atoms with Crippen molar-refractivity contribution in [2.45, 2.75) is 25.3 Å². The summed E-state index contributed by atoms with van der Waals surface area (Å²) in [6.45, 7) is 4.08. The zero-order valence-electron chi connectivity index (χ0n) is 12.3. The van der Waals surface area contributed by atoms with Crippen LogP contribution in [0.2, 0.25) is 0 Å². The van der Waals surface area contributed by atoms with Crippen molar-refractivity contribution in [2.75, 3.05) is 33.3 Å². The number of ether oxygens (including phenoxy) is 1. The van der Waals surface area contributed by atoms with Crippen LogP contribution in [0.1, 0.15) is 29.6 Å². The molecule has 0 radical (unpaired) electrons. The molecule has 21 heavy (non-hydrogen) atoms. The SMILES string of the molecule is COc1ccc(Br)c(C(=O)N2CCC(N3CCCC3)C2)c1. The van der Waals surface area contributed by atoms with Crippen molar-refractivity contribution < 1.29 is 9.53 Å². The number of carbonyl (C=O) groups excluding carboxylic acids is 1. The van der Waals surface area contributed by atoms with Crippen molar-refractivity contribution in [1.82, 2.24) is 9.80 Å². The van der Waals surface area contributed by atoms with E-state index in [2.05, 4.69) is 20.8 Å². The fourth-order valence-corrected chi connectivity index (χ4v) is 3.71. The maximum atomic E-state index is 12.7. The number of amides is 1. The Morgan fingerprint density at radius 1 is 1.29 bits per heavy atom. The highest BCUT2D eigenvalue weighted by Crippen LogP contribution is 2.27. The van der Waals surface area contributed by atoms with Crippen molar-refractivity contribution in [2.24, 2.45) is 0 Å². The van der Waals surface area contributed by atoms with E-state index in [1.54, 1.807) is 7.11 Å². The van der Waals surface area contributed by atoms with Gasteiger partial charge in [-0.25, -0.2) is 0 Å². The highest BCUT2D eigenvalue weighted by Gasteiger charge is 2.32. The van der Waals surface area contributed by atoms with Crippen LogP contribution in [0.15, 0.2) is 22.7 Å². The van der Waals surface area contributed by atoms with Crippen LogP contribution < -0.4 is 4.74 Å². The highest BCUT2D eigenvalue weighted by atomic mass is 79.9. The van der Waals surface area contributed by atoms with Gasteiger partial charge in [0.15, 0.2) is 0 Å². The van der Waals surface area contributed by atoms with Crippen LogP contribution >= 0.6 is 15.9 Å². The number of rotatable bonds is 3. The van der Waals surface area contributed by atoms with Gasteiger partial charge in [-0.1, -0.05) is 0 Å². The average molecular weight is 353 g/mol. The van der Waals surface area contributed by atoms with Gasteiger partial charge in [0.25, 0.3) is 5.91 Å². The van der Waals surface area contributed by atoms with E-state index in [-0.39, 0.29) is 5.91 Å². The monoisotopic (exact) mass is 352 g/mol. The topological polar surface area (TPSA) is 32.8 Å². The largest absolute Gasteiger partial charge is 0.497 e. The van der Waals surface area contributed by atoms with E-state index in [1.165, 1.54) is 25.9 Å². The summed E-state index contributed by atoms with van der Waals surface area (Å²) in [5, 5.41) is 0. The molecule has 0 bridgehead atoms. The Morgan fingerprint density at radius 3 is 2.76 bits per heavy atom. The van der Waals surface area contributed by atoms with E-state index >= 15 is 0 Å². The third-order valence-corrected chi connectivity index (χ3v) is 5.20. The van der Waals surface area contributed by atoms with Crippen molar-refractivity contribution in [3.8, 4) is 5.75 Å². The molecule has 1 aromatic carbocycles. The molecule has 0 aliphatic carbocycles. The first-order valence-corrected chi connectivity index (χ1v) is 8.35. The molecular formula is C16H21BrN2O2. The van der Waals surface area contributed by atoms with E-state index in [9.17, 15) is 4.79 Å². The maximum absolute atomic E-state index is 12.7. The molecule has 1 unspecified atom stereocenters. The molecule has 2 aliphatic heterocycles. The van der Waals surface area contributed by atoms with Gasteiger partial charge < -0.3 is 9.64 Å². The van der Waals surface area contributed by atoms with Crippen LogP contribution in [0.4, 0.5) is 0 Å². The summed E-state index contributed by atoms with van der Waals surface area (Å²) >= 11 is 3.48. The number of likely N-dealkylation sites (tertiary alicyclic amines) is 2. The predicted molar refractivity (Wildman–Crippen MR) is 85.8 cm³/mol. The van der Waals surface area contributed by atoms with Gasteiger partial charge in [-0.3, -0.25) is 9.69 Å². The summed E-state index contributed by atoms with van der Waals surface area (Å²) in [4.78, 5) is 17.2. The number of hydrogen-bond donors (Lipinski definition) is 0. The number of methoxy groups -OCH3 is 1. The van der Waals surface area contributed by atoms with Gasteiger partial charge in [-0.05, 0) is 66.5 Å². The highest BCUT2D eigenvalue weighted by molar-refractivity contribution is 9.10. The number of hydrogen-bond acceptors (Lipinski definition) is 3. The van der Waals surface area contributed by atoms with Gasteiger partial charge in [0.05, 0.1) is 12.7 Å².